The summed E-state index contributed by atoms with van der Waals surface area (Å²) in [7, 11) is 2.10. The van der Waals surface area contributed by atoms with E-state index in [1.54, 1.807) is 6.92 Å². The number of rotatable bonds is 8. The highest BCUT2D eigenvalue weighted by atomic mass is 19.1. The van der Waals surface area contributed by atoms with E-state index in [1.807, 2.05) is 11.0 Å². The summed E-state index contributed by atoms with van der Waals surface area (Å²) >= 11 is 0. The van der Waals surface area contributed by atoms with Gasteiger partial charge in [-0.2, -0.15) is 0 Å². The summed E-state index contributed by atoms with van der Waals surface area (Å²) in [6, 6.07) is -0.0582. The highest BCUT2D eigenvalue weighted by molar-refractivity contribution is 6.04. The van der Waals surface area contributed by atoms with Gasteiger partial charge in [-0.1, -0.05) is 32.8 Å². The summed E-state index contributed by atoms with van der Waals surface area (Å²) in [6.45, 7) is 13.3. The number of likely N-dealkylation sites (N-methyl/N-ethyl adjacent to an activating group) is 1. The van der Waals surface area contributed by atoms with Crippen LogP contribution in [0.4, 0.5) is 4.39 Å². The topological polar surface area (TPSA) is 127 Å². The van der Waals surface area contributed by atoms with Crippen LogP contribution in [0.5, 0.6) is 0 Å². The first-order valence-corrected chi connectivity index (χ1v) is 17.2. The molecule has 0 saturated carbocycles. The average molecular weight is 619 g/mol. The molecule has 44 heavy (non-hydrogen) atoms. The van der Waals surface area contributed by atoms with E-state index < -0.39 is 18.3 Å². The van der Waals surface area contributed by atoms with E-state index in [9.17, 15) is 14.0 Å². The highest BCUT2D eigenvalue weighted by Crippen LogP contribution is 2.33. The van der Waals surface area contributed by atoms with Crippen LogP contribution in [0, 0.1) is 23.7 Å². The van der Waals surface area contributed by atoms with Gasteiger partial charge in [0.1, 0.15) is 12.1 Å². The van der Waals surface area contributed by atoms with Crippen LogP contribution >= 0.6 is 0 Å². The summed E-state index contributed by atoms with van der Waals surface area (Å²) in [5.41, 5.74) is 8.20. The third-order valence-electron chi connectivity index (χ3n) is 10.5. The van der Waals surface area contributed by atoms with Crippen LogP contribution in [0.25, 0.3) is 0 Å². The summed E-state index contributed by atoms with van der Waals surface area (Å²) < 4.78 is 14.7. The molecular weight excluding hydrogens is 559 g/mol. The largest absolute Gasteiger partial charge is 0.372 e. The van der Waals surface area contributed by atoms with E-state index in [0.29, 0.717) is 18.2 Å². The molecule has 0 spiro atoms. The maximum Gasteiger partial charge on any atom is 0.239 e. The van der Waals surface area contributed by atoms with Crippen molar-refractivity contribution in [2.45, 2.75) is 103 Å². The molecule has 250 valence electrons. The van der Waals surface area contributed by atoms with Gasteiger partial charge in [-0.15, -0.1) is 0 Å². The molecule has 0 aromatic heterocycles. The van der Waals surface area contributed by atoms with Crippen molar-refractivity contribution in [2.24, 2.45) is 34.4 Å². The molecule has 0 bridgehead atoms. The van der Waals surface area contributed by atoms with Gasteiger partial charge >= 0.3 is 0 Å². The average Bonchev–Trinajstić information content (AvgIpc) is 3.01. The van der Waals surface area contributed by atoms with Crippen molar-refractivity contribution in [2.75, 3.05) is 52.9 Å². The first-order valence-electron chi connectivity index (χ1n) is 17.2. The predicted molar refractivity (Wildman–Crippen MR) is 175 cm³/mol. The molecule has 4 heterocycles. The fourth-order valence-corrected chi connectivity index (χ4v) is 7.61. The molecule has 0 aromatic rings. The third kappa shape index (κ3) is 9.01. The van der Waals surface area contributed by atoms with E-state index in [2.05, 4.69) is 59.0 Å². The van der Waals surface area contributed by atoms with Crippen molar-refractivity contribution >= 4 is 17.5 Å². The van der Waals surface area contributed by atoms with Gasteiger partial charge in [0, 0.05) is 62.6 Å². The van der Waals surface area contributed by atoms with Gasteiger partial charge in [0.15, 0.2) is 0 Å². The van der Waals surface area contributed by atoms with E-state index in [4.69, 9.17) is 5.73 Å². The fraction of sp³-hybridized carbons (Fsp3) is 0.848. The molecule has 4 rings (SSSR count). The summed E-state index contributed by atoms with van der Waals surface area (Å²) in [5, 5.41) is 13.9. The van der Waals surface area contributed by atoms with Crippen molar-refractivity contribution in [1.29, 1.82) is 0 Å². The van der Waals surface area contributed by atoms with Crippen molar-refractivity contribution < 1.29 is 14.0 Å². The lowest BCUT2D eigenvalue weighted by atomic mass is 9.73. The Morgan fingerprint density at radius 2 is 1.93 bits per heavy atom. The third-order valence-corrected chi connectivity index (χ3v) is 10.5. The number of amides is 2. The molecule has 4 aliphatic heterocycles. The number of piperazine rings is 1. The molecule has 0 radical (unpaired) electrons. The summed E-state index contributed by atoms with van der Waals surface area (Å²) in [4.78, 5) is 36.1. The smallest absolute Gasteiger partial charge is 0.239 e. The number of hydrogen-bond acceptors (Lipinski definition) is 8. The van der Waals surface area contributed by atoms with Crippen LogP contribution in [-0.4, -0.2) is 111 Å². The number of allylic oxidation sites excluding steroid dienone is 2. The molecule has 0 aromatic carbocycles. The number of unbranched alkanes of at least 4 members (excludes halogenated alkanes) is 1. The Hall–Kier alpha value is -2.08. The Balaban J connectivity index is 1.42. The minimum Gasteiger partial charge on any atom is -0.372 e. The van der Waals surface area contributed by atoms with Gasteiger partial charge < -0.3 is 36.8 Å². The van der Waals surface area contributed by atoms with Gasteiger partial charge in [0.25, 0.3) is 0 Å². The van der Waals surface area contributed by atoms with Crippen LogP contribution in [0.3, 0.4) is 0 Å². The minimum atomic E-state index is -1.10. The first-order chi connectivity index (χ1) is 21.1. The second-order valence-corrected chi connectivity index (χ2v) is 13.8. The number of nitrogens with two attached hydrogens (primary N) is 1. The van der Waals surface area contributed by atoms with Crippen LogP contribution in [0.1, 0.15) is 72.6 Å². The molecule has 11 heteroatoms. The molecule has 9 atom stereocenters. The number of nitrogens with one attached hydrogen (secondary N) is 4. The Bertz CT molecular complexity index is 1020. The number of halogens is 1. The molecule has 2 amide bonds. The molecule has 4 aliphatic rings. The number of nitrogens with zero attached hydrogens (tertiary/aromatic N) is 3. The van der Waals surface area contributed by atoms with Crippen molar-refractivity contribution in [3.05, 3.63) is 11.8 Å². The second-order valence-electron chi connectivity index (χ2n) is 13.8. The lowest BCUT2D eigenvalue weighted by Gasteiger charge is -2.45. The zero-order valence-electron chi connectivity index (χ0n) is 27.8. The molecular formula is C33H59FN8O2. The maximum absolute atomic E-state index is 14.7. The van der Waals surface area contributed by atoms with E-state index in [1.165, 1.54) is 0 Å². The number of aliphatic imine (C=N–C) groups is 1. The molecule has 6 N–H and O–H groups in total. The van der Waals surface area contributed by atoms with Crippen molar-refractivity contribution in [1.82, 2.24) is 31.1 Å². The van der Waals surface area contributed by atoms with Crippen LogP contribution in [-0.2, 0) is 9.59 Å². The zero-order valence-corrected chi connectivity index (χ0v) is 27.8. The lowest BCUT2D eigenvalue weighted by Crippen LogP contribution is -2.62. The van der Waals surface area contributed by atoms with Crippen LogP contribution in [0.15, 0.2) is 16.8 Å². The second kappa shape index (κ2) is 16.5. The summed E-state index contributed by atoms with van der Waals surface area (Å²) in [5.74, 6) is 0.151. The SMILES string of the molecule is CCCCC(C)/C1=C/CC(F)C/N=C(\C)C(C(=O)NC2CNCCC2C2CCC(C(=O)N3CCN(C)CC3)NC2C)C(N)N1. The first kappa shape index (κ1) is 34.8. The highest BCUT2D eigenvalue weighted by Gasteiger charge is 2.42. The Kier molecular flexibility index (Phi) is 13.0. The minimum absolute atomic E-state index is 0.0301. The zero-order chi connectivity index (χ0) is 31.8. The Morgan fingerprint density at radius 1 is 1.18 bits per heavy atom. The number of hydrogen-bond donors (Lipinski definition) is 5. The Labute approximate surface area is 264 Å². The van der Waals surface area contributed by atoms with Gasteiger partial charge in [-0.3, -0.25) is 14.6 Å². The van der Waals surface area contributed by atoms with Gasteiger partial charge in [-0.05, 0) is 70.9 Å². The van der Waals surface area contributed by atoms with E-state index in [-0.39, 0.29) is 54.7 Å². The van der Waals surface area contributed by atoms with E-state index >= 15 is 0 Å². The number of piperidine rings is 2. The number of carbonyl (C=O) groups excluding carboxylic acids is 2. The van der Waals surface area contributed by atoms with Crippen LogP contribution in [0.2, 0.25) is 0 Å². The van der Waals surface area contributed by atoms with Crippen LogP contribution < -0.4 is 27.0 Å². The van der Waals surface area contributed by atoms with Crippen molar-refractivity contribution in [3.63, 3.8) is 0 Å². The maximum atomic E-state index is 14.7. The quantitative estimate of drug-likeness (QED) is 0.282. The van der Waals surface area contributed by atoms with Gasteiger partial charge in [0.05, 0.1) is 18.8 Å². The normalized spacial score (nSPS) is 37.5. The predicted octanol–water partition coefficient (Wildman–Crippen LogP) is 2.01. The van der Waals surface area contributed by atoms with Gasteiger partial charge in [0.2, 0.25) is 11.8 Å². The monoisotopic (exact) mass is 618 g/mol. The standard InChI is InChI=1S/C33H59FN8O2/c1-6-7-8-21(2)27-11-9-24(34)19-37-23(4)30(31(35)39-27)32(43)40-29-20-36-14-13-26(29)25-10-12-28(38-22(25)3)33(44)42-17-15-41(5)16-18-42/h11,21-22,24-26,28-31,36,38-39H,6-10,12-20,35H2,1-5H3,(H,40,43)/b27-11-,37-23+. The van der Waals surface area contributed by atoms with Gasteiger partial charge in [-0.25, -0.2) is 4.39 Å². The number of carbonyl (C=O) groups is 2. The van der Waals surface area contributed by atoms with Crippen molar-refractivity contribution in [3.8, 4) is 0 Å². The molecule has 9 unspecified atom stereocenters. The van der Waals surface area contributed by atoms with E-state index in [0.717, 1.165) is 76.9 Å². The molecule has 3 saturated heterocycles. The lowest BCUT2D eigenvalue weighted by molar-refractivity contribution is -0.136. The molecule has 10 nitrogen and oxygen atoms in total. The Morgan fingerprint density at radius 3 is 2.64 bits per heavy atom. The molecule has 0 aliphatic carbocycles. The molecule has 3 fully saturated rings. The number of alkyl halides is 1. The fourth-order valence-electron chi connectivity index (χ4n) is 7.61. The summed E-state index contributed by atoms with van der Waals surface area (Å²) in [6.07, 6.45) is 6.28.